The summed E-state index contributed by atoms with van der Waals surface area (Å²) in [4.78, 5) is 17.1. The average Bonchev–Trinajstić information content (AvgIpc) is 3.45. The fourth-order valence-electron chi connectivity index (χ4n) is 3.47. The van der Waals surface area contributed by atoms with Crippen molar-refractivity contribution in [2.24, 2.45) is 0 Å². The van der Waals surface area contributed by atoms with E-state index >= 15 is 0 Å². The quantitative estimate of drug-likeness (QED) is 0.598. The van der Waals surface area contributed by atoms with E-state index < -0.39 is 0 Å². The first-order valence-corrected chi connectivity index (χ1v) is 11.2. The Kier molecular flexibility index (Phi) is 6.88. The Morgan fingerprint density at radius 2 is 2.00 bits per heavy atom. The van der Waals surface area contributed by atoms with Gasteiger partial charge in [0.05, 0.1) is 0 Å². The van der Waals surface area contributed by atoms with Gasteiger partial charge in [-0.3, -0.25) is 9.69 Å². The highest BCUT2D eigenvalue weighted by Gasteiger charge is 2.14. The zero-order valence-corrected chi connectivity index (χ0v) is 18.0. The lowest BCUT2D eigenvalue weighted by atomic mass is 10.1. The summed E-state index contributed by atoms with van der Waals surface area (Å²) in [5.41, 5.74) is 3.32. The second-order valence-corrected chi connectivity index (χ2v) is 8.47. The number of rotatable bonds is 8. The third-order valence-electron chi connectivity index (χ3n) is 5.28. The van der Waals surface area contributed by atoms with Gasteiger partial charge in [-0.15, -0.1) is 10.2 Å². The standard InChI is InChI=1S/C22H27N5O2S/c1-26-8-10-27(11-9-26)15-18-4-2-3-17(13-18)14-23-20(28)5-6-21-24-25-22(29-21)19-7-12-30-16-19/h2-4,7,12-13,16H,5-6,8-11,14-15H2,1H3,(H,23,28). The van der Waals surface area contributed by atoms with Crippen LogP contribution in [0.4, 0.5) is 0 Å². The van der Waals surface area contributed by atoms with Crippen LogP contribution >= 0.6 is 11.3 Å². The number of likely N-dealkylation sites (N-methyl/N-ethyl adjacent to an activating group) is 1. The molecule has 8 heteroatoms. The molecule has 4 rings (SSSR count). The normalized spacial score (nSPS) is 15.4. The number of benzene rings is 1. The van der Waals surface area contributed by atoms with E-state index in [-0.39, 0.29) is 5.91 Å². The molecule has 3 aromatic rings. The van der Waals surface area contributed by atoms with E-state index in [4.69, 9.17) is 4.42 Å². The number of amides is 1. The first-order valence-electron chi connectivity index (χ1n) is 10.3. The van der Waals surface area contributed by atoms with Crippen molar-refractivity contribution in [1.82, 2.24) is 25.3 Å². The topological polar surface area (TPSA) is 74.5 Å². The molecule has 0 radical (unpaired) electrons. The Hall–Kier alpha value is -2.55. The predicted molar refractivity (Wildman–Crippen MR) is 117 cm³/mol. The van der Waals surface area contributed by atoms with Crippen molar-refractivity contribution < 1.29 is 9.21 Å². The summed E-state index contributed by atoms with van der Waals surface area (Å²) < 4.78 is 5.63. The number of piperazine rings is 1. The maximum Gasteiger partial charge on any atom is 0.248 e. The summed E-state index contributed by atoms with van der Waals surface area (Å²) >= 11 is 1.58. The second-order valence-electron chi connectivity index (χ2n) is 7.69. The lowest BCUT2D eigenvalue weighted by Gasteiger charge is -2.32. The van der Waals surface area contributed by atoms with Gasteiger partial charge in [-0.25, -0.2) is 0 Å². The van der Waals surface area contributed by atoms with Crippen molar-refractivity contribution in [3.05, 3.63) is 58.1 Å². The van der Waals surface area contributed by atoms with Crippen molar-refractivity contribution in [2.45, 2.75) is 25.9 Å². The van der Waals surface area contributed by atoms with Gasteiger partial charge in [-0.2, -0.15) is 11.3 Å². The van der Waals surface area contributed by atoms with Gasteiger partial charge in [-0.05, 0) is 29.6 Å². The van der Waals surface area contributed by atoms with E-state index in [0.29, 0.717) is 31.2 Å². The summed E-state index contributed by atoms with van der Waals surface area (Å²) in [5, 5.41) is 15.0. The molecule has 0 unspecified atom stereocenters. The highest BCUT2D eigenvalue weighted by atomic mass is 32.1. The van der Waals surface area contributed by atoms with E-state index in [0.717, 1.165) is 43.9 Å². The molecule has 1 N–H and O–H groups in total. The molecule has 1 aliphatic heterocycles. The number of nitrogens with zero attached hydrogens (tertiary/aromatic N) is 4. The van der Waals surface area contributed by atoms with Crippen LogP contribution in [0.2, 0.25) is 0 Å². The average molecular weight is 426 g/mol. The first-order chi connectivity index (χ1) is 14.7. The molecule has 3 heterocycles. The van der Waals surface area contributed by atoms with Gasteiger partial charge in [0, 0.05) is 63.1 Å². The minimum atomic E-state index is -0.0187. The van der Waals surface area contributed by atoms with Crippen LogP contribution in [0.1, 0.15) is 23.4 Å². The lowest BCUT2D eigenvalue weighted by molar-refractivity contribution is -0.121. The van der Waals surface area contributed by atoms with Crippen LogP contribution in [0.5, 0.6) is 0 Å². The second kappa shape index (κ2) is 9.97. The summed E-state index contributed by atoms with van der Waals surface area (Å²) in [5.74, 6) is 0.971. The van der Waals surface area contributed by atoms with Gasteiger partial charge in [-0.1, -0.05) is 24.3 Å². The molecule has 7 nitrogen and oxygen atoms in total. The SMILES string of the molecule is CN1CCN(Cc2cccc(CNC(=O)CCc3nnc(-c4ccsc4)o3)c2)CC1. The molecule has 1 fully saturated rings. The molecule has 2 aromatic heterocycles. The zero-order chi connectivity index (χ0) is 20.8. The number of carbonyl (C=O) groups is 1. The molecule has 0 atom stereocenters. The predicted octanol–water partition coefficient (Wildman–Crippen LogP) is 2.79. The summed E-state index contributed by atoms with van der Waals surface area (Å²) in [6.07, 6.45) is 0.763. The maximum atomic E-state index is 12.2. The van der Waals surface area contributed by atoms with Crippen LogP contribution in [0.3, 0.4) is 0 Å². The van der Waals surface area contributed by atoms with Crippen LogP contribution in [0.25, 0.3) is 11.5 Å². The van der Waals surface area contributed by atoms with Gasteiger partial charge >= 0.3 is 0 Å². The molecular formula is C22H27N5O2S. The lowest BCUT2D eigenvalue weighted by Crippen LogP contribution is -2.43. The molecular weight excluding hydrogens is 398 g/mol. The van der Waals surface area contributed by atoms with Crippen molar-refractivity contribution >= 4 is 17.2 Å². The van der Waals surface area contributed by atoms with Crippen LogP contribution < -0.4 is 5.32 Å². The summed E-state index contributed by atoms with van der Waals surface area (Å²) in [6.45, 7) is 5.91. The molecule has 1 amide bonds. The Morgan fingerprint density at radius 3 is 2.80 bits per heavy atom. The van der Waals surface area contributed by atoms with Gasteiger partial charge in [0.1, 0.15) is 0 Å². The van der Waals surface area contributed by atoms with E-state index in [1.54, 1.807) is 11.3 Å². The molecule has 1 aliphatic rings. The number of hydrogen-bond donors (Lipinski definition) is 1. The molecule has 0 spiro atoms. The third-order valence-corrected chi connectivity index (χ3v) is 5.97. The Balaban J connectivity index is 1.22. The Morgan fingerprint density at radius 1 is 1.17 bits per heavy atom. The molecule has 0 saturated carbocycles. The molecule has 0 aliphatic carbocycles. The fraction of sp³-hybridized carbons (Fsp3) is 0.409. The monoisotopic (exact) mass is 425 g/mol. The summed E-state index contributed by atoms with van der Waals surface area (Å²) in [7, 11) is 2.17. The number of hydrogen-bond acceptors (Lipinski definition) is 7. The number of aromatic nitrogens is 2. The van der Waals surface area contributed by atoms with Crippen molar-refractivity contribution in [3.63, 3.8) is 0 Å². The van der Waals surface area contributed by atoms with E-state index in [2.05, 4.69) is 56.6 Å². The van der Waals surface area contributed by atoms with E-state index in [1.165, 1.54) is 5.56 Å². The van der Waals surface area contributed by atoms with Crippen molar-refractivity contribution in [3.8, 4) is 11.5 Å². The van der Waals surface area contributed by atoms with E-state index in [9.17, 15) is 4.79 Å². The van der Waals surface area contributed by atoms with Gasteiger partial charge in [0.2, 0.25) is 17.7 Å². The number of aryl methyl sites for hydroxylation is 1. The highest BCUT2D eigenvalue weighted by molar-refractivity contribution is 7.08. The third kappa shape index (κ3) is 5.75. The van der Waals surface area contributed by atoms with Crippen LogP contribution in [0.15, 0.2) is 45.5 Å². The Bertz CT molecular complexity index is 948. The number of carbonyl (C=O) groups excluding carboxylic acids is 1. The van der Waals surface area contributed by atoms with E-state index in [1.807, 2.05) is 16.8 Å². The maximum absolute atomic E-state index is 12.2. The number of thiophene rings is 1. The van der Waals surface area contributed by atoms with Crippen molar-refractivity contribution in [2.75, 3.05) is 33.2 Å². The van der Waals surface area contributed by atoms with Crippen LogP contribution in [-0.2, 0) is 24.3 Å². The zero-order valence-electron chi connectivity index (χ0n) is 17.2. The smallest absolute Gasteiger partial charge is 0.248 e. The first kappa shape index (κ1) is 20.7. The minimum Gasteiger partial charge on any atom is -0.421 e. The van der Waals surface area contributed by atoms with Gasteiger partial charge in [0.25, 0.3) is 0 Å². The van der Waals surface area contributed by atoms with Crippen LogP contribution in [0, 0.1) is 0 Å². The number of nitrogens with one attached hydrogen (secondary N) is 1. The molecule has 1 saturated heterocycles. The fourth-order valence-corrected chi connectivity index (χ4v) is 4.10. The molecule has 1 aromatic carbocycles. The molecule has 30 heavy (non-hydrogen) atoms. The molecule has 0 bridgehead atoms. The largest absolute Gasteiger partial charge is 0.421 e. The van der Waals surface area contributed by atoms with Gasteiger partial charge < -0.3 is 14.6 Å². The van der Waals surface area contributed by atoms with Gasteiger partial charge in [0.15, 0.2) is 0 Å². The van der Waals surface area contributed by atoms with Crippen LogP contribution in [-0.4, -0.2) is 59.1 Å². The summed E-state index contributed by atoms with van der Waals surface area (Å²) in [6, 6.07) is 10.4. The minimum absolute atomic E-state index is 0.0187. The highest BCUT2D eigenvalue weighted by Crippen LogP contribution is 2.20. The molecule has 158 valence electrons. The van der Waals surface area contributed by atoms with Crippen molar-refractivity contribution in [1.29, 1.82) is 0 Å². The Labute approximate surface area is 180 Å².